The quantitative estimate of drug-likeness (QED) is 0.477. The normalized spacial score (nSPS) is 13.4. The summed E-state index contributed by atoms with van der Waals surface area (Å²) in [6, 6.07) is 17.0. The second-order valence-electron chi connectivity index (χ2n) is 8.93. The average Bonchev–Trinajstić information content (AvgIpc) is 3.18. The van der Waals surface area contributed by atoms with Crippen molar-refractivity contribution in [2.24, 2.45) is 5.92 Å². The molecule has 0 bridgehead atoms. The van der Waals surface area contributed by atoms with Gasteiger partial charge >= 0.3 is 5.97 Å². The molecule has 2 amide bonds. The van der Waals surface area contributed by atoms with Gasteiger partial charge in [-0.2, -0.15) is 0 Å². The average molecular weight is 489 g/mol. The zero-order valence-electron chi connectivity index (χ0n) is 20.6. The van der Waals surface area contributed by atoms with Crippen molar-refractivity contribution >= 4 is 23.5 Å². The Kier molecular flexibility index (Phi) is 6.96. The maximum atomic E-state index is 13.0. The molecule has 1 atom stereocenters. The highest BCUT2D eigenvalue weighted by Crippen LogP contribution is 2.32. The first kappa shape index (κ1) is 24.8. The molecule has 0 radical (unpaired) electrons. The minimum absolute atomic E-state index is 0.208. The fourth-order valence-corrected chi connectivity index (χ4v) is 4.44. The Hall–Kier alpha value is -4.33. The molecule has 8 nitrogen and oxygen atoms in total. The van der Waals surface area contributed by atoms with Crippen molar-refractivity contribution in [1.29, 1.82) is 0 Å². The van der Waals surface area contributed by atoms with E-state index in [2.05, 4.69) is 5.32 Å². The number of carboxylic acids is 1. The van der Waals surface area contributed by atoms with E-state index in [1.165, 1.54) is 19.1 Å². The summed E-state index contributed by atoms with van der Waals surface area (Å²) in [5, 5.41) is 12.5. The number of hydrogen-bond acceptors (Lipinski definition) is 5. The lowest BCUT2D eigenvalue weighted by molar-refractivity contribution is -0.144. The van der Waals surface area contributed by atoms with Gasteiger partial charge in [-0.3, -0.25) is 9.59 Å². The standard InChI is InChI=1S/C28H28N2O6/c1-16(2)25(28(33)34)30-15-19-6-5-18(13-22(19)27(30)32)17-7-9-20(10-8-17)29-26(31)23-14-21(35-3)11-12-24(23)36-4/h5-14,16,25H,15H2,1-4H3,(H,29,31)(H,33,34)/t25-/m0/s1. The van der Waals surface area contributed by atoms with Crippen LogP contribution in [0.25, 0.3) is 11.1 Å². The van der Waals surface area contributed by atoms with Crippen molar-refractivity contribution in [2.45, 2.75) is 26.4 Å². The molecular weight excluding hydrogens is 460 g/mol. The minimum Gasteiger partial charge on any atom is -0.497 e. The van der Waals surface area contributed by atoms with Gasteiger partial charge in [0.1, 0.15) is 17.5 Å². The summed E-state index contributed by atoms with van der Waals surface area (Å²) in [7, 11) is 3.03. The van der Waals surface area contributed by atoms with Gasteiger partial charge in [-0.05, 0) is 59.0 Å². The number of nitrogens with one attached hydrogen (secondary N) is 1. The Bertz CT molecular complexity index is 1320. The topological polar surface area (TPSA) is 105 Å². The number of benzene rings is 3. The Balaban J connectivity index is 1.53. The fourth-order valence-electron chi connectivity index (χ4n) is 4.44. The molecule has 1 aliphatic heterocycles. The molecule has 8 heteroatoms. The van der Waals surface area contributed by atoms with E-state index in [-0.39, 0.29) is 24.3 Å². The van der Waals surface area contributed by atoms with E-state index < -0.39 is 12.0 Å². The van der Waals surface area contributed by atoms with Gasteiger partial charge in [0.25, 0.3) is 11.8 Å². The van der Waals surface area contributed by atoms with E-state index in [0.29, 0.717) is 28.3 Å². The fraction of sp³-hybridized carbons (Fsp3) is 0.250. The molecule has 3 aromatic rings. The van der Waals surface area contributed by atoms with Gasteiger partial charge in [0.05, 0.1) is 19.8 Å². The van der Waals surface area contributed by atoms with Crippen molar-refractivity contribution in [3.05, 3.63) is 77.4 Å². The number of rotatable bonds is 8. The minimum atomic E-state index is -1.00. The van der Waals surface area contributed by atoms with Crippen LogP contribution in [0.2, 0.25) is 0 Å². The summed E-state index contributed by atoms with van der Waals surface area (Å²) in [4.78, 5) is 39.0. The molecule has 4 rings (SSSR count). The monoisotopic (exact) mass is 488 g/mol. The van der Waals surface area contributed by atoms with Crippen molar-refractivity contribution < 1.29 is 29.0 Å². The van der Waals surface area contributed by atoms with Crippen LogP contribution in [0.1, 0.15) is 40.1 Å². The smallest absolute Gasteiger partial charge is 0.326 e. The third kappa shape index (κ3) is 4.75. The van der Waals surface area contributed by atoms with Crippen LogP contribution in [0.5, 0.6) is 11.5 Å². The number of carboxylic acid groups (broad SMARTS) is 1. The van der Waals surface area contributed by atoms with E-state index in [9.17, 15) is 19.5 Å². The maximum Gasteiger partial charge on any atom is 0.326 e. The highest BCUT2D eigenvalue weighted by Gasteiger charge is 2.38. The molecule has 0 saturated carbocycles. The van der Waals surface area contributed by atoms with E-state index in [4.69, 9.17) is 9.47 Å². The van der Waals surface area contributed by atoms with Crippen LogP contribution >= 0.6 is 0 Å². The lowest BCUT2D eigenvalue weighted by atomic mass is 10.00. The second kappa shape index (κ2) is 10.1. The van der Waals surface area contributed by atoms with E-state index in [1.807, 2.05) is 24.3 Å². The summed E-state index contributed by atoms with van der Waals surface area (Å²) < 4.78 is 10.5. The number of fused-ring (bicyclic) bond motifs is 1. The van der Waals surface area contributed by atoms with E-state index in [0.717, 1.165) is 16.7 Å². The van der Waals surface area contributed by atoms with Crippen molar-refractivity contribution in [3.8, 4) is 22.6 Å². The molecule has 0 aliphatic carbocycles. The van der Waals surface area contributed by atoms with Gasteiger partial charge in [0.15, 0.2) is 0 Å². The largest absolute Gasteiger partial charge is 0.497 e. The van der Waals surface area contributed by atoms with Crippen LogP contribution in [-0.2, 0) is 11.3 Å². The van der Waals surface area contributed by atoms with Crippen molar-refractivity contribution in [3.63, 3.8) is 0 Å². The van der Waals surface area contributed by atoms with Gasteiger partial charge in [-0.15, -0.1) is 0 Å². The SMILES string of the molecule is COc1ccc(OC)c(C(=O)Nc2ccc(-c3ccc4c(c3)C(=O)N([C@H](C(=O)O)C(C)C)C4)cc2)c1. The lowest BCUT2D eigenvalue weighted by Crippen LogP contribution is -2.44. The molecule has 0 unspecified atom stereocenters. The Morgan fingerprint density at radius 3 is 2.25 bits per heavy atom. The molecular formula is C28H28N2O6. The van der Waals surface area contributed by atoms with Crippen LogP contribution in [0, 0.1) is 5.92 Å². The number of nitrogens with zero attached hydrogens (tertiary/aromatic N) is 1. The van der Waals surface area contributed by atoms with Crippen LogP contribution in [0.4, 0.5) is 5.69 Å². The first-order valence-electron chi connectivity index (χ1n) is 11.5. The van der Waals surface area contributed by atoms with Gasteiger partial charge in [-0.25, -0.2) is 4.79 Å². The number of anilines is 1. The van der Waals surface area contributed by atoms with Gasteiger partial charge in [0.2, 0.25) is 0 Å². The number of ether oxygens (including phenoxy) is 2. The molecule has 36 heavy (non-hydrogen) atoms. The summed E-state index contributed by atoms with van der Waals surface area (Å²) in [6.45, 7) is 3.87. The highest BCUT2D eigenvalue weighted by atomic mass is 16.5. The third-order valence-corrected chi connectivity index (χ3v) is 6.29. The predicted molar refractivity (Wildman–Crippen MR) is 136 cm³/mol. The zero-order valence-corrected chi connectivity index (χ0v) is 20.6. The molecule has 2 N–H and O–H groups in total. The molecule has 3 aromatic carbocycles. The summed E-state index contributed by atoms with van der Waals surface area (Å²) in [5.74, 6) is -0.840. The molecule has 0 spiro atoms. The summed E-state index contributed by atoms with van der Waals surface area (Å²) in [6.07, 6.45) is 0. The number of methoxy groups -OCH3 is 2. The Morgan fingerprint density at radius 2 is 1.64 bits per heavy atom. The highest BCUT2D eigenvalue weighted by molar-refractivity contribution is 6.06. The van der Waals surface area contributed by atoms with Gasteiger partial charge in [-0.1, -0.05) is 38.1 Å². The van der Waals surface area contributed by atoms with Crippen molar-refractivity contribution in [2.75, 3.05) is 19.5 Å². The molecule has 0 fully saturated rings. The number of amides is 2. The molecule has 0 aromatic heterocycles. The van der Waals surface area contributed by atoms with Gasteiger partial charge < -0.3 is 24.8 Å². The van der Waals surface area contributed by atoms with Crippen LogP contribution in [-0.4, -0.2) is 48.1 Å². The van der Waals surface area contributed by atoms with Gasteiger partial charge in [0, 0.05) is 17.8 Å². The third-order valence-electron chi connectivity index (χ3n) is 6.29. The number of aliphatic carboxylic acids is 1. The Morgan fingerprint density at radius 1 is 0.944 bits per heavy atom. The molecule has 1 aliphatic rings. The first-order chi connectivity index (χ1) is 17.2. The van der Waals surface area contributed by atoms with Crippen LogP contribution in [0.3, 0.4) is 0 Å². The van der Waals surface area contributed by atoms with E-state index in [1.54, 1.807) is 50.2 Å². The van der Waals surface area contributed by atoms with Crippen molar-refractivity contribution in [1.82, 2.24) is 4.90 Å². The first-order valence-corrected chi connectivity index (χ1v) is 11.5. The number of hydrogen-bond donors (Lipinski definition) is 2. The summed E-state index contributed by atoms with van der Waals surface area (Å²) in [5.41, 5.74) is 3.96. The molecule has 186 valence electrons. The number of carbonyl (C=O) groups is 3. The van der Waals surface area contributed by atoms with E-state index >= 15 is 0 Å². The van der Waals surface area contributed by atoms with Crippen LogP contribution in [0.15, 0.2) is 60.7 Å². The number of carbonyl (C=O) groups excluding carboxylic acids is 2. The summed E-state index contributed by atoms with van der Waals surface area (Å²) >= 11 is 0. The Labute approximate surface area is 209 Å². The maximum absolute atomic E-state index is 13.0. The predicted octanol–water partition coefficient (Wildman–Crippen LogP) is 4.69. The lowest BCUT2D eigenvalue weighted by Gasteiger charge is -2.27. The molecule has 1 heterocycles. The molecule has 0 saturated heterocycles. The second-order valence-corrected chi connectivity index (χ2v) is 8.93. The van der Waals surface area contributed by atoms with Crippen LogP contribution < -0.4 is 14.8 Å². The zero-order chi connectivity index (χ0) is 26.0.